The zero-order valence-electron chi connectivity index (χ0n) is 20.1. The first-order chi connectivity index (χ1) is 17.6. The highest BCUT2D eigenvalue weighted by atomic mass is 19.1. The second-order valence-electron chi connectivity index (χ2n) is 10.1. The van der Waals surface area contributed by atoms with Crippen molar-refractivity contribution in [1.29, 1.82) is 0 Å². The van der Waals surface area contributed by atoms with E-state index in [2.05, 4.69) is 25.2 Å². The van der Waals surface area contributed by atoms with Crippen molar-refractivity contribution in [1.82, 2.24) is 20.3 Å². The van der Waals surface area contributed by atoms with E-state index in [0.29, 0.717) is 11.5 Å². The summed E-state index contributed by atoms with van der Waals surface area (Å²) in [6.45, 7) is 2.87. The Hall–Kier alpha value is -3.30. The Balaban J connectivity index is 1.08. The van der Waals surface area contributed by atoms with Crippen molar-refractivity contribution in [3.8, 4) is 17.2 Å². The topological polar surface area (TPSA) is 92.6 Å². The maximum absolute atomic E-state index is 13.2. The number of anilines is 1. The number of hydrogen-bond acceptors (Lipinski definition) is 8. The highest BCUT2D eigenvalue weighted by Crippen LogP contribution is 2.52. The van der Waals surface area contributed by atoms with Crippen molar-refractivity contribution in [3.63, 3.8) is 0 Å². The van der Waals surface area contributed by atoms with Crippen molar-refractivity contribution in [2.24, 2.45) is 5.41 Å². The third kappa shape index (κ3) is 4.49. The number of aliphatic hydroxyl groups is 1. The summed E-state index contributed by atoms with van der Waals surface area (Å²) in [5, 5.41) is 12.9. The fourth-order valence-electron chi connectivity index (χ4n) is 5.77. The third-order valence-electron chi connectivity index (χ3n) is 7.45. The zero-order valence-corrected chi connectivity index (χ0v) is 20.1. The Morgan fingerprint density at radius 1 is 1.11 bits per heavy atom. The van der Waals surface area contributed by atoms with Gasteiger partial charge in [0.25, 0.3) is 0 Å². The van der Waals surface area contributed by atoms with Gasteiger partial charge in [-0.2, -0.15) is 0 Å². The standard InChI is InChI=1S/C27H30FN5O3/c28-18-3-5-19(6-4-18)35-24-14-29-17-32-26(24)33-15-27(16-33)12-20(13-27)36-23-8-10-31-22-7-9-30-21(25(22)23)2-1-11-34/h3-6,8,10,14,17,20-21,30,34H,1-2,7,9,11-13,15-16H2. The molecule has 2 aliphatic heterocycles. The number of fused-ring (bicyclic) bond motifs is 1. The number of aromatic nitrogens is 3. The van der Waals surface area contributed by atoms with Gasteiger partial charge < -0.3 is 24.8 Å². The minimum Gasteiger partial charge on any atom is -0.490 e. The van der Waals surface area contributed by atoms with Crippen LogP contribution in [0.1, 0.15) is 43.0 Å². The molecule has 0 radical (unpaired) electrons. The molecule has 2 aromatic heterocycles. The molecular weight excluding hydrogens is 461 g/mol. The molecule has 1 saturated heterocycles. The molecule has 9 heteroatoms. The lowest BCUT2D eigenvalue weighted by atomic mass is 9.61. The number of pyridine rings is 1. The highest BCUT2D eigenvalue weighted by Gasteiger charge is 2.54. The summed E-state index contributed by atoms with van der Waals surface area (Å²) in [6.07, 6.45) is 9.71. The first-order valence-electron chi connectivity index (χ1n) is 12.6. The van der Waals surface area contributed by atoms with Gasteiger partial charge in [-0.3, -0.25) is 4.98 Å². The van der Waals surface area contributed by atoms with Gasteiger partial charge in [-0.25, -0.2) is 14.4 Å². The Morgan fingerprint density at radius 3 is 2.75 bits per heavy atom. The molecular formula is C27H30FN5O3. The van der Waals surface area contributed by atoms with Crippen LogP contribution < -0.4 is 19.7 Å². The predicted octanol–water partition coefficient (Wildman–Crippen LogP) is 3.81. The summed E-state index contributed by atoms with van der Waals surface area (Å²) in [5.41, 5.74) is 2.50. The van der Waals surface area contributed by atoms with Crippen LogP contribution in [0.4, 0.5) is 10.2 Å². The summed E-state index contributed by atoms with van der Waals surface area (Å²) in [6, 6.07) is 8.09. The van der Waals surface area contributed by atoms with E-state index in [1.54, 1.807) is 18.3 Å². The minimum absolute atomic E-state index is 0.176. The maximum Gasteiger partial charge on any atom is 0.188 e. The van der Waals surface area contributed by atoms with Gasteiger partial charge >= 0.3 is 0 Å². The van der Waals surface area contributed by atoms with Crippen LogP contribution in [-0.2, 0) is 6.42 Å². The molecule has 4 heterocycles. The van der Waals surface area contributed by atoms with E-state index in [1.165, 1.54) is 18.5 Å². The second-order valence-corrected chi connectivity index (χ2v) is 10.1. The van der Waals surface area contributed by atoms with Gasteiger partial charge in [-0.15, -0.1) is 0 Å². The second kappa shape index (κ2) is 9.63. The molecule has 0 amide bonds. The van der Waals surface area contributed by atoms with Crippen molar-refractivity contribution in [3.05, 3.63) is 66.1 Å². The van der Waals surface area contributed by atoms with Crippen LogP contribution in [-0.4, -0.2) is 52.4 Å². The van der Waals surface area contributed by atoms with E-state index in [1.807, 2.05) is 12.3 Å². The highest BCUT2D eigenvalue weighted by molar-refractivity contribution is 5.55. The van der Waals surface area contributed by atoms with E-state index < -0.39 is 0 Å². The number of benzene rings is 1. The molecule has 3 aromatic rings. The molecule has 1 spiro atoms. The Bertz CT molecular complexity index is 1210. The quantitative estimate of drug-likeness (QED) is 0.492. The van der Waals surface area contributed by atoms with Crippen LogP contribution in [0.5, 0.6) is 17.2 Å². The molecule has 36 heavy (non-hydrogen) atoms. The van der Waals surface area contributed by atoms with Gasteiger partial charge in [0.2, 0.25) is 0 Å². The maximum atomic E-state index is 13.2. The summed E-state index contributed by atoms with van der Waals surface area (Å²) in [4.78, 5) is 15.4. The number of aliphatic hydroxyl groups excluding tert-OH is 1. The number of ether oxygens (including phenoxy) is 2. The number of rotatable bonds is 8. The first kappa shape index (κ1) is 23.1. The molecule has 2 N–H and O–H groups in total. The van der Waals surface area contributed by atoms with Crippen molar-refractivity contribution < 1.29 is 19.0 Å². The molecule has 1 saturated carbocycles. The average Bonchev–Trinajstić information content (AvgIpc) is 2.85. The number of hydrogen-bond donors (Lipinski definition) is 2. The molecule has 1 aliphatic carbocycles. The minimum atomic E-state index is -0.303. The van der Waals surface area contributed by atoms with Gasteiger partial charge in [-0.1, -0.05) is 0 Å². The van der Waals surface area contributed by atoms with Crippen LogP contribution in [0.3, 0.4) is 0 Å². The average molecular weight is 492 g/mol. The fraction of sp³-hybridized carbons (Fsp3) is 0.444. The van der Waals surface area contributed by atoms with E-state index in [9.17, 15) is 9.50 Å². The molecule has 1 atom stereocenters. The third-order valence-corrected chi connectivity index (χ3v) is 7.45. The van der Waals surface area contributed by atoms with Crippen molar-refractivity contribution in [2.45, 2.75) is 44.2 Å². The van der Waals surface area contributed by atoms with Crippen LogP contribution >= 0.6 is 0 Å². The largest absolute Gasteiger partial charge is 0.490 e. The van der Waals surface area contributed by atoms with Crippen molar-refractivity contribution >= 4 is 5.82 Å². The molecule has 0 bridgehead atoms. The molecule has 8 nitrogen and oxygen atoms in total. The smallest absolute Gasteiger partial charge is 0.188 e. The SMILES string of the molecule is OCCCC1NCCc2nccc(OC3CC4(C3)CN(c3ncncc3Oc3ccc(F)cc3)C4)c21. The summed E-state index contributed by atoms with van der Waals surface area (Å²) in [7, 11) is 0. The predicted molar refractivity (Wildman–Crippen MR) is 132 cm³/mol. The normalized spacial score (nSPS) is 20.4. The monoisotopic (exact) mass is 491 g/mol. The zero-order chi connectivity index (χ0) is 24.5. The number of nitrogens with one attached hydrogen (secondary N) is 1. The fourth-order valence-corrected chi connectivity index (χ4v) is 5.77. The molecule has 2 fully saturated rings. The van der Waals surface area contributed by atoms with E-state index in [-0.39, 0.29) is 30.0 Å². The molecule has 1 aromatic carbocycles. The van der Waals surface area contributed by atoms with Crippen LogP contribution in [0.25, 0.3) is 0 Å². The van der Waals surface area contributed by atoms with Gasteiger partial charge in [0.1, 0.15) is 29.7 Å². The number of halogens is 1. The first-order valence-corrected chi connectivity index (χ1v) is 12.6. The van der Waals surface area contributed by atoms with Gasteiger partial charge in [0.05, 0.1) is 11.9 Å². The molecule has 1 unspecified atom stereocenters. The van der Waals surface area contributed by atoms with Gasteiger partial charge in [-0.05, 0) is 56.0 Å². The summed E-state index contributed by atoms with van der Waals surface area (Å²) < 4.78 is 25.7. The van der Waals surface area contributed by atoms with Crippen LogP contribution in [0.2, 0.25) is 0 Å². The van der Waals surface area contributed by atoms with Crippen LogP contribution in [0.15, 0.2) is 49.1 Å². The van der Waals surface area contributed by atoms with Crippen molar-refractivity contribution in [2.75, 3.05) is 31.1 Å². The Morgan fingerprint density at radius 2 is 1.94 bits per heavy atom. The number of nitrogens with zero attached hydrogens (tertiary/aromatic N) is 4. The van der Waals surface area contributed by atoms with E-state index >= 15 is 0 Å². The molecule has 6 rings (SSSR count). The van der Waals surface area contributed by atoms with E-state index in [4.69, 9.17) is 9.47 Å². The van der Waals surface area contributed by atoms with Gasteiger partial charge in [0.15, 0.2) is 11.6 Å². The Labute approximate surface area is 209 Å². The lowest BCUT2D eigenvalue weighted by Crippen LogP contribution is -2.65. The van der Waals surface area contributed by atoms with Gasteiger partial charge in [0, 0.05) is 55.9 Å². The summed E-state index contributed by atoms with van der Waals surface area (Å²) >= 11 is 0. The molecule has 3 aliphatic rings. The Kier molecular flexibility index (Phi) is 6.18. The summed E-state index contributed by atoms with van der Waals surface area (Å²) in [5.74, 6) is 2.49. The molecule has 188 valence electrons. The lowest BCUT2D eigenvalue weighted by Gasteiger charge is -2.59. The van der Waals surface area contributed by atoms with E-state index in [0.717, 1.165) is 74.6 Å². The van der Waals surface area contributed by atoms with Crippen LogP contribution in [0, 0.1) is 11.2 Å². The lowest BCUT2D eigenvalue weighted by molar-refractivity contribution is -0.0352.